The summed E-state index contributed by atoms with van der Waals surface area (Å²) in [5.74, 6) is -1.11. The van der Waals surface area contributed by atoms with Gasteiger partial charge in [-0.25, -0.2) is 8.78 Å². The van der Waals surface area contributed by atoms with Gasteiger partial charge in [-0.3, -0.25) is 0 Å². The van der Waals surface area contributed by atoms with Gasteiger partial charge in [0.25, 0.3) is 0 Å². The number of benzene rings is 2. The van der Waals surface area contributed by atoms with Crippen molar-refractivity contribution in [3.05, 3.63) is 54.1 Å². The van der Waals surface area contributed by atoms with Crippen LogP contribution >= 0.6 is 0 Å². The standard InChI is InChI=1S/C14H13F2N/c1-2-17-14-6-4-3-5-12(14)11-8-7-10(15)9-13(11)16/h3-9,17H,2H2,1H3. The van der Waals surface area contributed by atoms with E-state index in [4.69, 9.17) is 0 Å². The predicted octanol–water partition coefficient (Wildman–Crippen LogP) is 4.06. The molecule has 0 unspecified atom stereocenters. The van der Waals surface area contributed by atoms with E-state index in [0.29, 0.717) is 5.56 Å². The zero-order valence-corrected chi connectivity index (χ0v) is 9.50. The average Bonchev–Trinajstić information content (AvgIpc) is 2.31. The summed E-state index contributed by atoms with van der Waals surface area (Å²) in [5, 5.41) is 3.16. The Morgan fingerprint density at radius 1 is 1.00 bits per heavy atom. The van der Waals surface area contributed by atoms with Crippen molar-refractivity contribution >= 4 is 5.69 Å². The van der Waals surface area contributed by atoms with E-state index in [1.54, 1.807) is 0 Å². The summed E-state index contributed by atoms with van der Waals surface area (Å²) in [6, 6.07) is 11.0. The van der Waals surface area contributed by atoms with Crippen molar-refractivity contribution in [2.24, 2.45) is 0 Å². The van der Waals surface area contributed by atoms with Crippen LogP contribution in [-0.2, 0) is 0 Å². The summed E-state index contributed by atoms with van der Waals surface area (Å²) in [6.07, 6.45) is 0. The first kappa shape index (κ1) is 11.6. The van der Waals surface area contributed by atoms with E-state index >= 15 is 0 Å². The lowest BCUT2D eigenvalue weighted by Crippen LogP contribution is -1.99. The monoisotopic (exact) mass is 233 g/mol. The summed E-state index contributed by atoms with van der Waals surface area (Å²) in [5.41, 5.74) is 2.00. The normalized spacial score (nSPS) is 10.3. The zero-order valence-electron chi connectivity index (χ0n) is 9.50. The minimum absolute atomic E-state index is 0.406. The molecule has 0 bridgehead atoms. The highest BCUT2D eigenvalue weighted by molar-refractivity contribution is 5.78. The Morgan fingerprint density at radius 3 is 2.47 bits per heavy atom. The molecule has 0 fully saturated rings. The molecule has 0 amide bonds. The number of anilines is 1. The number of hydrogen-bond donors (Lipinski definition) is 1. The molecule has 1 nitrogen and oxygen atoms in total. The third-order valence-electron chi connectivity index (χ3n) is 2.52. The Hall–Kier alpha value is -1.90. The third kappa shape index (κ3) is 2.44. The lowest BCUT2D eigenvalue weighted by atomic mass is 10.0. The van der Waals surface area contributed by atoms with Gasteiger partial charge >= 0.3 is 0 Å². The Balaban J connectivity index is 2.52. The molecule has 0 heterocycles. The largest absolute Gasteiger partial charge is 0.385 e. The molecule has 0 saturated heterocycles. The van der Waals surface area contributed by atoms with Crippen LogP contribution in [0.5, 0.6) is 0 Å². The van der Waals surface area contributed by atoms with Crippen LogP contribution in [0.1, 0.15) is 6.92 Å². The van der Waals surface area contributed by atoms with Crippen LogP contribution in [0.3, 0.4) is 0 Å². The molecule has 2 aromatic carbocycles. The van der Waals surface area contributed by atoms with Gasteiger partial charge in [0.05, 0.1) is 0 Å². The van der Waals surface area contributed by atoms with Gasteiger partial charge in [-0.05, 0) is 25.1 Å². The van der Waals surface area contributed by atoms with Gasteiger partial charge in [-0.2, -0.15) is 0 Å². The van der Waals surface area contributed by atoms with Crippen molar-refractivity contribution in [3.63, 3.8) is 0 Å². The van der Waals surface area contributed by atoms with Gasteiger partial charge in [-0.1, -0.05) is 18.2 Å². The van der Waals surface area contributed by atoms with Gasteiger partial charge in [0.15, 0.2) is 0 Å². The highest BCUT2D eigenvalue weighted by atomic mass is 19.1. The van der Waals surface area contributed by atoms with Gasteiger partial charge in [0.1, 0.15) is 11.6 Å². The summed E-state index contributed by atoms with van der Waals surface area (Å²) in [6.45, 7) is 2.72. The maximum atomic E-state index is 13.7. The van der Waals surface area contributed by atoms with E-state index in [0.717, 1.165) is 23.9 Å². The van der Waals surface area contributed by atoms with Crippen LogP contribution in [0.4, 0.5) is 14.5 Å². The van der Waals surface area contributed by atoms with E-state index in [2.05, 4.69) is 5.32 Å². The maximum Gasteiger partial charge on any atom is 0.134 e. The van der Waals surface area contributed by atoms with Crippen LogP contribution in [0, 0.1) is 11.6 Å². The summed E-state index contributed by atoms with van der Waals surface area (Å²) >= 11 is 0. The highest BCUT2D eigenvalue weighted by Gasteiger charge is 2.09. The topological polar surface area (TPSA) is 12.0 Å². The fraction of sp³-hybridized carbons (Fsp3) is 0.143. The molecule has 0 spiro atoms. The molecule has 0 aromatic heterocycles. The molecule has 0 atom stereocenters. The van der Waals surface area contributed by atoms with E-state index in [-0.39, 0.29) is 0 Å². The van der Waals surface area contributed by atoms with Gasteiger partial charge in [0.2, 0.25) is 0 Å². The van der Waals surface area contributed by atoms with Crippen molar-refractivity contribution < 1.29 is 8.78 Å². The number of rotatable bonds is 3. The lowest BCUT2D eigenvalue weighted by Gasteiger charge is -2.11. The first-order valence-corrected chi connectivity index (χ1v) is 5.50. The minimum Gasteiger partial charge on any atom is -0.385 e. The Labute approximate surface area is 99.1 Å². The average molecular weight is 233 g/mol. The quantitative estimate of drug-likeness (QED) is 0.842. The molecule has 0 saturated carbocycles. The van der Waals surface area contributed by atoms with E-state index in [1.807, 2.05) is 31.2 Å². The number of nitrogens with one attached hydrogen (secondary N) is 1. The number of halogens is 2. The highest BCUT2D eigenvalue weighted by Crippen LogP contribution is 2.30. The minimum atomic E-state index is -0.563. The van der Waals surface area contributed by atoms with Crippen molar-refractivity contribution in [2.75, 3.05) is 11.9 Å². The second-order valence-electron chi connectivity index (χ2n) is 3.70. The van der Waals surface area contributed by atoms with Crippen LogP contribution in [0.15, 0.2) is 42.5 Å². The zero-order chi connectivity index (χ0) is 12.3. The fourth-order valence-corrected chi connectivity index (χ4v) is 1.77. The Morgan fingerprint density at radius 2 is 1.76 bits per heavy atom. The summed E-state index contributed by atoms with van der Waals surface area (Å²) in [4.78, 5) is 0. The van der Waals surface area contributed by atoms with Crippen LogP contribution in [-0.4, -0.2) is 6.54 Å². The van der Waals surface area contributed by atoms with Crippen molar-refractivity contribution in [1.82, 2.24) is 0 Å². The summed E-state index contributed by atoms with van der Waals surface area (Å²) in [7, 11) is 0. The third-order valence-corrected chi connectivity index (χ3v) is 2.52. The molecular formula is C14H13F2N. The van der Waals surface area contributed by atoms with Crippen LogP contribution < -0.4 is 5.32 Å². The molecule has 1 N–H and O–H groups in total. The van der Waals surface area contributed by atoms with Crippen molar-refractivity contribution in [1.29, 1.82) is 0 Å². The fourth-order valence-electron chi connectivity index (χ4n) is 1.77. The molecule has 3 heteroatoms. The van der Waals surface area contributed by atoms with E-state index in [1.165, 1.54) is 12.1 Å². The van der Waals surface area contributed by atoms with Crippen molar-refractivity contribution in [3.8, 4) is 11.1 Å². The van der Waals surface area contributed by atoms with Gasteiger partial charge < -0.3 is 5.32 Å². The SMILES string of the molecule is CCNc1ccccc1-c1ccc(F)cc1F. The van der Waals surface area contributed by atoms with Gasteiger partial charge in [-0.15, -0.1) is 0 Å². The molecule has 0 aliphatic rings. The molecule has 88 valence electrons. The first-order chi connectivity index (χ1) is 8.22. The van der Waals surface area contributed by atoms with E-state index in [9.17, 15) is 8.78 Å². The van der Waals surface area contributed by atoms with Crippen LogP contribution in [0.2, 0.25) is 0 Å². The van der Waals surface area contributed by atoms with Crippen molar-refractivity contribution in [2.45, 2.75) is 6.92 Å². The smallest absolute Gasteiger partial charge is 0.134 e. The Bertz CT molecular complexity index is 523. The molecule has 0 aliphatic heterocycles. The second kappa shape index (κ2) is 4.95. The lowest BCUT2D eigenvalue weighted by molar-refractivity contribution is 0.585. The Kier molecular flexibility index (Phi) is 3.38. The molecule has 2 rings (SSSR count). The maximum absolute atomic E-state index is 13.7. The van der Waals surface area contributed by atoms with Crippen LogP contribution in [0.25, 0.3) is 11.1 Å². The van der Waals surface area contributed by atoms with E-state index < -0.39 is 11.6 Å². The molecule has 17 heavy (non-hydrogen) atoms. The predicted molar refractivity (Wildman–Crippen MR) is 66.0 cm³/mol. The second-order valence-corrected chi connectivity index (χ2v) is 3.70. The summed E-state index contributed by atoms with van der Waals surface area (Å²) < 4.78 is 26.5. The molecular weight excluding hydrogens is 220 g/mol. The molecule has 2 aromatic rings. The number of hydrogen-bond acceptors (Lipinski definition) is 1. The number of para-hydroxylation sites is 1. The molecule has 0 radical (unpaired) electrons. The first-order valence-electron chi connectivity index (χ1n) is 5.50. The van der Waals surface area contributed by atoms with Gasteiger partial charge in [0, 0.05) is 29.4 Å². The molecule has 0 aliphatic carbocycles.